The van der Waals surface area contributed by atoms with Gasteiger partial charge in [0.15, 0.2) is 0 Å². The number of aryl methyl sites for hydroxylation is 2. The van der Waals surface area contributed by atoms with Crippen molar-refractivity contribution in [1.29, 1.82) is 0 Å². The standard InChI is InChI=1S/C15H25N3O3/c1-12-14(13(2)18(3)17-12)6-7-15(19)16-8-5-9-21-11-10-20-4/h6-7H,5,8-11H2,1-4H3,(H,16,19)/b7-6+. The predicted octanol–water partition coefficient (Wildman–Crippen LogP) is 1.22. The van der Waals surface area contributed by atoms with Crippen LogP contribution in [0.1, 0.15) is 23.4 Å². The van der Waals surface area contributed by atoms with E-state index >= 15 is 0 Å². The van der Waals surface area contributed by atoms with Gasteiger partial charge in [-0.25, -0.2) is 0 Å². The molecule has 1 amide bonds. The monoisotopic (exact) mass is 295 g/mol. The van der Waals surface area contributed by atoms with E-state index in [4.69, 9.17) is 9.47 Å². The van der Waals surface area contributed by atoms with Crippen LogP contribution >= 0.6 is 0 Å². The van der Waals surface area contributed by atoms with Gasteiger partial charge >= 0.3 is 0 Å². The second kappa shape index (κ2) is 9.31. The quantitative estimate of drug-likeness (QED) is 0.549. The lowest BCUT2D eigenvalue weighted by molar-refractivity contribution is -0.116. The molecule has 6 heteroatoms. The Morgan fingerprint density at radius 2 is 2.10 bits per heavy atom. The van der Waals surface area contributed by atoms with Gasteiger partial charge in [-0.1, -0.05) is 0 Å². The summed E-state index contributed by atoms with van der Waals surface area (Å²) >= 11 is 0. The van der Waals surface area contributed by atoms with E-state index in [-0.39, 0.29) is 5.91 Å². The number of rotatable bonds is 9. The Balaban J connectivity index is 2.26. The van der Waals surface area contributed by atoms with Gasteiger partial charge in [-0.05, 0) is 26.3 Å². The highest BCUT2D eigenvalue weighted by molar-refractivity contribution is 5.91. The van der Waals surface area contributed by atoms with Crippen LogP contribution in [0, 0.1) is 13.8 Å². The number of carbonyl (C=O) groups is 1. The Morgan fingerprint density at radius 3 is 2.71 bits per heavy atom. The zero-order valence-electron chi connectivity index (χ0n) is 13.3. The van der Waals surface area contributed by atoms with Crippen LogP contribution in [0.25, 0.3) is 6.08 Å². The predicted molar refractivity (Wildman–Crippen MR) is 82.0 cm³/mol. The number of carbonyl (C=O) groups excluding carboxylic acids is 1. The molecule has 1 rings (SSSR count). The number of amides is 1. The molecule has 0 spiro atoms. The fourth-order valence-corrected chi connectivity index (χ4v) is 1.88. The molecule has 0 saturated heterocycles. The molecule has 1 N–H and O–H groups in total. The minimum Gasteiger partial charge on any atom is -0.382 e. The molecular formula is C15H25N3O3. The lowest BCUT2D eigenvalue weighted by atomic mass is 10.2. The van der Waals surface area contributed by atoms with Crippen molar-refractivity contribution in [1.82, 2.24) is 15.1 Å². The Bertz CT molecular complexity index is 481. The first-order valence-electron chi connectivity index (χ1n) is 7.09. The molecule has 1 aromatic rings. The lowest BCUT2D eigenvalue weighted by Gasteiger charge is -2.04. The Kier molecular flexibility index (Phi) is 7.71. The van der Waals surface area contributed by atoms with Crippen molar-refractivity contribution in [2.24, 2.45) is 7.05 Å². The van der Waals surface area contributed by atoms with E-state index in [1.54, 1.807) is 13.2 Å². The van der Waals surface area contributed by atoms with Crippen molar-refractivity contribution < 1.29 is 14.3 Å². The maximum atomic E-state index is 11.7. The maximum Gasteiger partial charge on any atom is 0.244 e. The second-order valence-electron chi connectivity index (χ2n) is 4.79. The molecule has 0 atom stereocenters. The Morgan fingerprint density at radius 1 is 1.33 bits per heavy atom. The molecule has 0 aliphatic rings. The summed E-state index contributed by atoms with van der Waals surface area (Å²) < 4.78 is 12.0. The number of hydrogen-bond acceptors (Lipinski definition) is 4. The van der Waals surface area contributed by atoms with E-state index in [1.807, 2.05) is 31.7 Å². The summed E-state index contributed by atoms with van der Waals surface area (Å²) in [5, 5.41) is 7.13. The third-order valence-corrected chi connectivity index (χ3v) is 3.16. The first-order valence-corrected chi connectivity index (χ1v) is 7.09. The summed E-state index contributed by atoms with van der Waals surface area (Å²) in [4.78, 5) is 11.7. The molecular weight excluding hydrogens is 270 g/mol. The van der Waals surface area contributed by atoms with Gasteiger partial charge in [0, 0.05) is 44.6 Å². The van der Waals surface area contributed by atoms with Crippen molar-refractivity contribution in [3.63, 3.8) is 0 Å². The average molecular weight is 295 g/mol. The minimum absolute atomic E-state index is 0.102. The zero-order valence-corrected chi connectivity index (χ0v) is 13.3. The topological polar surface area (TPSA) is 65.4 Å². The van der Waals surface area contributed by atoms with E-state index in [0.717, 1.165) is 23.4 Å². The molecule has 21 heavy (non-hydrogen) atoms. The van der Waals surface area contributed by atoms with Gasteiger partial charge in [0.05, 0.1) is 18.9 Å². The molecule has 0 radical (unpaired) electrons. The fraction of sp³-hybridized carbons (Fsp3) is 0.600. The van der Waals surface area contributed by atoms with Gasteiger partial charge in [0.1, 0.15) is 0 Å². The molecule has 0 unspecified atom stereocenters. The maximum absolute atomic E-state index is 11.7. The first-order chi connectivity index (χ1) is 10.1. The van der Waals surface area contributed by atoms with Gasteiger partial charge < -0.3 is 14.8 Å². The third kappa shape index (κ3) is 6.10. The zero-order chi connectivity index (χ0) is 15.7. The van der Waals surface area contributed by atoms with Crippen LogP contribution in [-0.4, -0.2) is 49.2 Å². The van der Waals surface area contributed by atoms with E-state index in [0.29, 0.717) is 26.4 Å². The second-order valence-corrected chi connectivity index (χ2v) is 4.79. The van der Waals surface area contributed by atoms with E-state index in [1.165, 1.54) is 0 Å². The van der Waals surface area contributed by atoms with Crippen molar-refractivity contribution >= 4 is 12.0 Å². The number of ether oxygens (including phenoxy) is 2. The van der Waals surface area contributed by atoms with Crippen LogP contribution < -0.4 is 5.32 Å². The van der Waals surface area contributed by atoms with Crippen LogP contribution in [0.5, 0.6) is 0 Å². The number of nitrogens with one attached hydrogen (secondary N) is 1. The summed E-state index contributed by atoms with van der Waals surface area (Å²) in [6.45, 7) is 6.31. The highest BCUT2D eigenvalue weighted by atomic mass is 16.5. The van der Waals surface area contributed by atoms with Gasteiger partial charge in [-0.15, -0.1) is 0 Å². The normalized spacial score (nSPS) is 11.2. The fourth-order valence-electron chi connectivity index (χ4n) is 1.88. The van der Waals surface area contributed by atoms with Crippen molar-refractivity contribution in [3.8, 4) is 0 Å². The molecule has 6 nitrogen and oxygen atoms in total. The van der Waals surface area contributed by atoms with E-state index in [2.05, 4.69) is 10.4 Å². The smallest absolute Gasteiger partial charge is 0.244 e. The molecule has 0 bridgehead atoms. The van der Waals surface area contributed by atoms with Crippen LogP contribution in [0.4, 0.5) is 0 Å². The van der Waals surface area contributed by atoms with Crippen LogP contribution in [0.3, 0.4) is 0 Å². The van der Waals surface area contributed by atoms with Gasteiger partial charge in [-0.2, -0.15) is 5.10 Å². The summed E-state index contributed by atoms with van der Waals surface area (Å²) in [5.74, 6) is -0.102. The Hall–Kier alpha value is -1.66. The van der Waals surface area contributed by atoms with Crippen LogP contribution in [0.15, 0.2) is 6.08 Å². The average Bonchev–Trinajstić information content (AvgIpc) is 2.69. The SMILES string of the molecule is COCCOCCCNC(=O)/C=C/c1c(C)nn(C)c1C. The van der Waals surface area contributed by atoms with Crippen molar-refractivity contribution in [3.05, 3.63) is 23.0 Å². The molecule has 0 saturated carbocycles. The Labute approximate surface area is 126 Å². The van der Waals surface area contributed by atoms with E-state index < -0.39 is 0 Å². The first kappa shape index (κ1) is 17.4. The van der Waals surface area contributed by atoms with Crippen molar-refractivity contribution in [2.75, 3.05) is 33.5 Å². The summed E-state index contributed by atoms with van der Waals surface area (Å²) in [5.41, 5.74) is 2.96. The van der Waals surface area contributed by atoms with Gasteiger partial charge in [0.2, 0.25) is 5.91 Å². The number of methoxy groups -OCH3 is 1. The molecule has 1 heterocycles. The van der Waals surface area contributed by atoms with Crippen molar-refractivity contribution in [2.45, 2.75) is 20.3 Å². The summed E-state index contributed by atoms with van der Waals surface area (Å²) in [6, 6.07) is 0. The van der Waals surface area contributed by atoms with Crippen LogP contribution in [0.2, 0.25) is 0 Å². The largest absolute Gasteiger partial charge is 0.382 e. The number of nitrogens with zero attached hydrogens (tertiary/aromatic N) is 2. The molecule has 0 fully saturated rings. The summed E-state index contributed by atoms with van der Waals surface area (Å²) in [6.07, 6.45) is 4.14. The lowest BCUT2D eigenvalue weighted by Crippen LogP contribution is -2.23. The van der Waals surface area contributed by atoms with Gasteiger partial charge in [-0.3, -0.25) is 9.48 Å². The number of hydrogen-bond donors (Lipinski definition) is 1. The third-order valence-electron chi connectivity index (χ3n) is 3.16. The van der Waals surface area contributed by atoms with Gasteiger partial charge in [0.25, 0.3) is 0 Å². The minimum atomic E-state index is -0.102. The highest BCUT2D eigenvalue weighted by Gasteiger charge is 2.06. The summed E-state index contributed by atoms with van der Waals surface area (Å²) in [7, 11) is 3.53. The number of aromatic nitrogens is 2. The highest BCUT2D eigenvalue weighted by Crippen LogP contribution is 2.13. The molecule has 0 aliphatic carbocycles. The molecule has 0 aliphatic heterocycles. The van der Waals surface area contributed by atoms with Crippen LogP contribution in [-0.2, 0) is 21.3 Å². The molecule has 118 valence electrons. The molecule has 0 aromatic carbocycles. The van der Waals surface area contributed by atoms with E-state index in [9.17, 15) is 4.79 Å². The molecule has 1 aromatic heterocycles.